The van der Waals surface area contributed by atoms with E-state index in [1.54, 1.807) is 7.11 Å². The number of benzene rings is 1. The van der Waals surface area contributed by atoms with Gasteiger partial charge in [-0.05, 0) is 37.5 Å². The third-order valence-electron chi connectivity index (χ3n) is 3.24. The summed E-state index contributed by atoms with van der Waals surface area (Å²) in [5.74, 6) is 0.985. The lowest BCUT2D eigenvalue weighted by molar-refractivity contribution is 0.108. The van der Waals surface area contributed by atoms with Gasteiger partial charge in [0.1, 0.15) is 11.9 Å². The van der Waals surface area contributed by atoms with Gasteiger partial charge in [-0.25, -0.2) is 4.98 Å². The number of hydrogen-bond donors (Lipinski definition) is 0. The van der Waals surface area contributed by atoms with Crippen molar-refractivity contribution in [2.75, 3.05) is 7.11 Å². The van der Waals surface area contributed by atoms with Crippen LogP contribution in [0.2, 0.25) is 5.02 Å². The molecular weight excluding hydrogens is 260 g/mol. The van der Waals surface area contributed by atoms with E-state index in [-0.39, 0.29) is 6.10 Å². The summed E-state index contributed by atoms with van der Waals surface area (Å²) >= 11 is 5.87. The van der Waals surface area contributed by atoms with E-state index in [1.807, 2.05) is 31.5 Å². The number of methoxy groups -OCH3 is 1. The lowest BCUT2D eigenvalue weighted by Crippen LogP contribution is -2.08. The molecule has 0 amide bonds. The van der Waals surface area contributed by atoms with E-state index in [9.17, 15) is 0 Å². The summed E-state index contributed by atoms with van der Waals surface area (Å²) in [4.78, 5) is 4.34. The van der Waals surface area contributed by atoms with Crippen molar-refractivity contribution in [2.24, 2.45) is 0 Å². The van der Waals surface area contributed by atoms with Gasteiger partial charge in [0, 0.05) is 31.1 Å². The lowest BCUT2D eigenvalue weighted by atomic mass is 10.1. The fraction of sp³-hybridized carbons (Fsp3) is 0.400. The molecule has 1 aromatic heterocycles. The zero-order valence-electron chi connectivity index (χ0n) is 11.3. The molecule has 102 valence electrons. The van der Waals surface area contributed by atoms with Gasteiger partial charge in [0.15, 0.2) is 0 Å². The molecule has 1 atom stereocenters. The molecule has 0 bridgehead atoms. The predicted octanol–water partition coefficient (Wildman–Crippen LogP) is 3.88. The van der Waals surface area contributed by atoms with Gasteiger partial charge in [-0.2, -0.15) is 0 Å². The Bertz CT molecular complexity index is 507. The summed E-state index contributed by atoms with van der Waals surface area (Å²) in [7, 11) is 1.71. The Hall–Kier alpha value is -1.32. The van der Waals surface area contributed by atoms with E-state index in [1.165, 1.54) is 5.56 Å². The van der Waals surface area contributed by atoms with E-state index >= 15 is 0 Å². The van der Waals surface area contributed by atoms with Crippen LogP contribution in [0.5, 0.6) is 0 Å². The Kier molecular flexibility index (Phi) is 5.00. The van der Waals surface area contributed by atoms with E-state index in [4.69, 9.17) is 16.3 Å². The molecule has 0 spiro atoms. The van der Waals surface area contributed by atoms with Gasteiger partial charge in [0.25, 0.3) is 0 Å². The SMILES string of the molecule is COC(C)c1nccn1CCCc1ccc(Cl)cc1. The molecule has 1 heterocycles. The van der Waals surface area contributed by atoms with Crippen molar-refractivity contribution in [2.45, 2.75) is 32.4 Å². The second kappa shape index (κ2) is 6.73. The lowest BCUT2D eigenvalue weighted by Gasteiger charge is -2.12. The van der Waals surface area contributed by atoms with Crippen LogP contribution in [0.3, 0.4) is 0 Å². The van der Waals surface area contributed by atoms with Crippen molar-refractivity contribution in [1.82, 2.24) is 9.55 Å². The largest absolute Gasteiger partial charge is 0.374 e. The fourth-order valence-electron chi connectivity index (χ4n) is 2.08. The van der Waals surface area contributed by atoms with Crippen LogP contribution in [-0.4, -0.2) is 16.7 Å². The van der Waals surface area contributed by atoms with Crippen LogP contribution in [-0.2, 0) is 17.7 Å². The number of rotatable bonds is 6. The van der Waals surface area contributed by atoms with E-state index in [0.717, 1.165) is 30.2 Å². The van der Waals surface area contributed by atoms with E-state index in [2.05, 4.69) is 21.7 Å². The zero-order valence-corrected chi connectivity index (χ0v) is 12.1. The minimum atomic E-state index is 0.0329. The third-order valence-corrected chi connectivity index (χ3v) is 3.49. The topological polar surface area (TPSA) is 27.1 Å². The highest BCUT2D eigenvalue weighted by Crippen LogP contribution is 2.15. The molecule has 4 heteroatoms. The smallest absolute Gasteiger partial charge is 0.137 e. The van der Waals surface area contributed by atoms with Gasteiger partial charge in [0.05, 0.1) is 0 Å². The first-order valence-corrected chi connectivity index (χ1v) is 6.87. The Morgan fingerprint density at radius 1 is 1.32 bits per heavy atom. The second-order valence-corrected chi connectivity index (χ2v) is 5.02. The van der Waals surface area contributed by atoms with Crippen molar-refractivity contribution in [3.05, 3.63) is 53.1 Å². The van der Waals surface area contributed by atoms with E-state index in [0.29, 0.717) is 0 Å². The van der Waals surface area contributed by atoms with Crippen LogP contribution in [0.4, 0.5) is 0 Å². The Morgan fingerprint density at radius 2 is 2.05 bits per heavy atom. The van der Waals surface area contributed by atoms with Gasteiger partial charge in [-0.3, -0.25) is 0 Å². The molecule has 0 aliphatic heterocycles. The number of aryl methyl sites for hydroxylation is 2. The van der Waals surface area contributed by atoms with Gasteiger partial charge in [-0.15, -0.1) is 0 Å². The first-order chi connectivity index (χ1) is 9.20. The molecule has 0 aliphatic rings. The summed E-state index contributed by atoms with van der Waals surface area (Å²) < 4.78 is 7.47. The molecule has 2 rings (SSSR count). The van der Waals surface area contributed by atoms with Crippen LogP contribution in [0, 0.1) is 0 Å². The molecule has 19 heavy (non-hydrogen) atoms. The maximum absolute atomic E-state index is 5.87. The van der Waals surface area contributed by atoms with Gasteiger partial charge in [0.2, 0.25) is 0 Å². The second-order valence-electron chi connectivity index (χ2n) is 4.59. The number of imidazole rings is 1. The summed E-state index contributed by atoms with van der Waals surface area (Å²) in [6.45, 7) is 2.96. The molecule has 1 unspecified atom stereocenters. The highest BCUT2D eigenvalue weighted by Gasteiger charge is 2.10. The number of ether oxygens (including phenoxy) is 1. The number of halogens is 1. The molecule has 3 nitrogen and oxygen atoms in total. The molecular formula is C15H19ClN2O. The first kappa shape index (κ1) is 14.1. The van der Waals surface area contributed by atoms with Crippen LogP contribution < -0.4 is 0 Å². The minimum Gasteiger partial charge on any atom is -0.374 e. The maximum atomic E-state index is 5.87. The third kappa shape index (κ3) is 3.82. The summed E-state index contributed by atoms with van der Waals surface area (Å²) in [5.41, 5.74) is 1.31. The molecule has 0 saturated heterocycles. The quantitative estimate of drug-likeness (QED) is 0.802. The van der Waals surface area contributed by atoms with Crippen molar-refractivity contribution in [3.63, 3.8) is 0 Å². The number of aromatic nitrogens is 2. The molecule has 2 aromatic rings. The highest BCUT2D eigenvalue weighted by atomic mass is 35.5. The van der Waals surface area contributed by atoms with Gasteiger partial charge < -0.3 is 9.30 Å². The maximum Gasteiger partial charge on any atom is 0.137 e. The predicted molar refractivity (Wildman–Crippen MR) is 77.4 cm³/mol. The van der Waals surface area contributed by atoms with Crippen molar-refractivity contribution in [3.8, 4) is 0 Å². The van der Waals surface area contributed by atoms with Crippen molar-refractivity contribution >= 4 is 11.6 Å². The van der Waals surface area contributed by atoms with Crippen LogP contribution in [0.15, 0.2) is 36.7 Å². The Labute approximate surface area is 119 Å². The van der Waals surface area contributed by atoms with Crippen LogP contribution in [0.25, 0.3) is 0 Å². The highest BCUT2D eigenvalue weighted by molar-refractivity contribution is 6.30. The van der Waals surface area contributed by atoms with E-state index < -0.39 is 0 Å². The zero-order chi connectivity index (χ0) is 13.7. The van der Waals surface area contributed by atoms with Gasteiger partial charge >= 0.3 is 0 Å². The molecule has 1 aromatic carbocycles. The molecule has 0 N–H and O–H groups in total. The average molecular weight is 279 g/mol. The van der Waals surface area contributed by atoms with Crippen LogP contribution in [0.1, 0.15) is 30.8 Å². The molecule has 0 fully saturated rings. The summed E-state index contributed by atoms with van der Waals surface area (Å²) in [6.07, 6.45) is 5.97. The normalized spacial score (nSPS) is 12.6. The average Bonchev–Trinajstić information content (AvgIpc) is 2.88. The summed E-state index contributed by atoms with van der Waals surface area (Å²) in [6, 6.07) is 8.03. The van der Waals surface area contributed by atoms with Crippen molar-refractivity contribution in [1.29, 1.82) is 0 Å². The van der Waals surface area contributed by atoms with Crippen molar-refractivity contribution < 1.29 is 4.74 Å². The minimum absolute atomic E-state index is 0.0329. The Morgan fingerprint density at radius 3 is 2.74 bits per heavy atom. The monoisotopic (exact) mass is 278 g/mol. The van der Waals surface area contributed by atoms with Gasteiger partial charge in [-0.1, -0.05) is 23.7 Å². The van der Waals surface area contributed by atoms with Crippen LogP contribution >= 0.6 is 11.6 Å². The molecule has 0 aliphatic carbocycles. The Balaban J connectivity index is 1.89. The first-order valence-electron chi connectivity index (χ1n) is 6.49. The number of nitrogens with zero attached hydrogens (tertiary/aromatic N) is 2. The fourth-order valence-corrected chi connectivity index (χ4v) is 2.20. The molecule has 0 saturated carbocycles. The standard InChI is InChI=1S/C15H19ClN2O/c1-12(19-2)15-17-9-11-18(15)10-3-4-13-5-7-14(16)8-6-13/h5-9,11-12H,3-4,10H2,1-2H3. The molecule has 0 radical (unpaired) electrons. The summed E-state index contributed by atoms with van der Waals surface area (Å²) in [5, 5.41) is 0.787. The number of hydrogen-bond acceptors (Lipinski definition) is 2.